The molecule has 9 heteroatoms. The van der Waals surface area contributed by atoms with Crippen LogP contribution in [0, 0.1) is 0 Å². The maximum absolute atomic E-state index is 12.2. The van der Waals surface area contributed by atoms with Crippen LogP contribution in [0.2, 0.25) is 5.15 Å². The van der Waals surface area contributed by atoms with Crippen LogP contribution in [0.3, 0.4) is 0 Å². The van der Waals surface area contributed by atoms with Crippen LogP contribution < -0.4 is 10.6 Å². The number of aromatic nitrogens is 1. The predicted octanol–water partition coefficient (Wildman–Crippen LogP) is 3.88. The number of nitrogens with one attached hydrogen (secondary N) is 2. The molecule has 0 saturated carbocycles. The summed E-state index contributed by atoms with van der Waals surface area (Å²) in [6.45, 7) is 4.71. The van der Waals surface area contributed by atoms with E-state index in [2.05, 4.69) is 15.6 Å². The van der Waals surface area contributed by atoms with Crippen molar-refractivity contribution < 1.29 is 23.9 Å². The van der Waals surface area contributed by atoms with Crippen molar-refractivity contribution >= 4 is 40.9 Å². The fourth-order valence-electron chi connectivity index (χ4n) is 2.03. The van der Waals surface area contributed by atoms with Crippen molar-refractivity contribution in [2.45, 2.75) is 26.4 Å². The number of rotatable bonds is 5. The number of carbonyl (C=O) groups is 3. The number of esters is 1. The van der Waals surface area contributed by atoms with E-state index in [9.17, 15) is 14.4 Å². The molecule has 8 nitrogen and oxygen atoms in total. The molecule has 2 aromatic rings. The van der Waals surface area contributed by atoms with Gasteiger partial charge in [0.2, 0.25) is 0 Å². The minimum Gasteiger partial charge on any atom is -0.452 e. The van der Waals surface area contributed by atoms with E-state index in [1.54, 1.807) is 45.0 Å². The number of anilines is 2. The Morgan fingerprint density at radius 3 is 2.54 bits per heavy atom. The van der Waals surface area contributed by atoms with Gasteiger partial charge in [0.15, 0.2) is 11.8 Å². The first-order valence-electron chi connectivity index (χ1n) is 8.31. The van der Waals surface area contributed by atoms with Gasteiger partial charge >= 0.3 is 12.1 Å². The Morgan fingerprint density at radius 2 is 1.86 bits per heavy atom. The third-order valence-electron chi connectivity index (χ3n) is 3.11. The van der Waals surface area contributed by atoms with Gasteiger partial charge in [-0.1, -0.05) is 17.7 Å². The zero-order valence-electron chi connectivity index (χ0n) is 15.6. The molecule has 0 aliphatic rings. The zero-order chi connectivity index (χ0) is 20.7. The van der Waals surface area contributed by atoms with Gasteiger partial charge in [-0.15, -0.1) is 0 Å². The molecule has 2 amide bonds. The van der Waals surface area contributed by atoms with E-state index in [4.69, 9.17) is 21.1 Å². The average Bonchev–Trinajstić information content (AvgIpc) is 2.60. The minimum absolute atomic E-state index is 0.128. The first-order chi connectivity index (χ1) is 13.1. The van der Waals surface area contributed by atoms with Crippen molar-refractivity contribution in [1.82, 2.24) is 4.98 Å². The Hall–Kier alpha value is -3.13. The lowest BCUT2D eigenvalue weighted by atomic mass is 10.2. The van der Waals surface area contributed by atoms with Crippen LogP contribution in [0.1, 0.15) is 31.1 Å². The second-order valence-electron chi connectivity index (χ2n) is 6.67. The molecule has 1 heterocycles. The minimum atomic E-state index is -0.722. The van der Waals surface area contributed by atoms with Crippen LogP contribution >= 0.6 is 11.6 Å². The average molecular weight is 406 g/mol. The van der Waals surface area contributed by atoms with Crippen LogP contribution in [0.25, 0.3) is 0 Å². The summed E-state index contributed by atoms with van der Waals surface area (Å²) in [5.41, 5.74) is 0.190. The number of nitrogens with zero attached hydrogens (tertiary/aromatic N) is 1. The van der Waals surface area contributed by atoms with Crippen LogP contribution in [0.4, 0.5) is 16.2 Å². The van der Waals surface area contributed by atoms with Crippen LogP contribution in [-0.4, -0.2) is 35.2 Å². The Balaban J connectivity index is 1.91. The molecule has 28 heavy (non-hydrogen) atoms. The molecule has 0 atom stereocenters. The number of hydrogen-bond donors (Lipinski definition) is 2. The number of halogens is 1. The molecule has 0 aliphatic carbocycles. The smallest absolute Gasteiger partial charge is 0.412 e. The summed E-state index contributed by atoms with van der Waals surface area (Å²) >= 11 is 5.85. The molecule has 0 radical (unpaired) electrons. The molecule has 148 valence electrons. The first-order valence-corrected chi connectivity index (χ1v) is 8.69. The summed E-state index contributed by atoms with van der Waals surface area (Å²) in [4.78, 5) is 39.7. The van der Waals surface area contributed by atoms with E-state index in [-0.39, 0.29) is 10.7 Å². The van der Waals surface area contributed by atoms with Crippen molar-refractivity contribution in [2.24, 2.45) is 0 Å². The summed E-state index contributed by atoms with van der Waals surface area (Å²) in [5.74, 6) is -1.29. The molecular weight excluding hydrogens is 386 g/mol. The summed E-state index contributed by atoms with van der Waals surface area (Å²) in [6, 6.07) is 9.26. The zero-order valence-corrected chi connectivity index (χ0v) is 16.4. The monoisotopic (exact) mass is 405 g/mol. The molecule has 0 unspecified atom stereocenters. The quantitative estimate of drug-likeness (QED) is 0.577. The molecule has 0 bridgehead atoms. The van der Waals surface area contributed by atoms with Crippen molar-refractivity contribution in [3.05, 3.63) is 53.3 Å². The van der Waals surface area contributed by atoms with Crippen molar-refractivity contribution in [3.63, 3.8) is 0 Å². The second kappa shape index (κ2) is 9.18. The van der Waals surface area contributed by atoms with Gasteiger partial charge in [0.25, 0.3) is 5.91 Å². The maximum Gasteiger partial charge on any atom is 0.412 e. The molecular formula is C19H20ClN3O5. The lowest BCUT2D eigenvalue weighted by molar-refractivity contribution is -0.119. The van der Waals surface area contributed by atoms with Gasteiger partial charge in [-0.2, -0.15) is 0 Å². The van der Waals surface area contributed by atoms with E-state index in [1.807, 2.05) is 0 Å². The van der Waals surface area contributed by atoms with Gasteiger partial charge in [-0.3, -0.25) is 10.1 Å². The van der Waals surface area contributed by atoms with E-state index in [0.717, 1.165) is 0 Å². The highest BCUT2D eigenvalue weighted by atomic mass is 35.5. The third kappa shape index (κ3) is 6.88. The van der Waals surface area contributed by atoms with E-state index >= 15 is 0 Å². The Labute approximate surface area is 167 Å². The van der Waals surface area contributed by atoms with E-state index in [0.29, 0.717) is 11.4 Å². The molecule has 0 spiro atoms. The fourth-order valence-corrected chi connectivity index (χ4v) is 2.19. The van der Waals surface area contributed by atoms with Gasteiger partial charge in [-0.25, -0.2) is 14.6 Å². The van der Waals surface area contributed by atoms with Crippen molar-refractivity contribution in [1.29, 1.82) is 0 Å². The van der Waals surface area contributed by atoms with Crippen molar-refractivity contribution in [2.75, 3.05) is 17.2 Å². The molecule has 1 aromatic carbocycles. The summed E-state index contributed by atoms with van der Waals surface area (Å²) < 4.78 is 10.1. The number of pyridine rings is 1. The summed E-state index contributed by atoms with van der Waals surface area (Å²) in [7, 11) is 0. The largest absolute Gasteiger partial charge is 0.452 e. The third-order valence-corrected chi connectivity index (χ3v) is 3.41. The summed E-state index contributed by atoms with van der Waals surface area (Å²) in [6.07, 6.45) is 0.835. The molecule has 0 fully saturated rings. The van der Waals surface area contributed by atoms with E-state index < -0.39 is 30.2 Å². The SMILES string of the molecule is CC(C)(C)OC(=O)Nc1cccc(C(=O)OCC(=O)Nc2cccnc2Cl)c1. The first kappa shape index (κ1) is 21.2. The lowest BCUT2D eigenvalue weighted by Gasteiger charge is -2.19. The van der Waals surface area contributed by atoms with Crippen LogP contribution in [0.5, 0.6) is 0 Å². The fraction of sp³-hybridized carbons (Fsp3) is 0.263. The molecule has 0 aliphatic heterocycles. The number of amides is 2. The highest BCUT2D eigenvalue weighted by Gasteiger charge is 2.17. The van der Waals surface area contributed by atoms with Crippen molar-refractivity contribution in [3.8, 4) is 0 Å². The van der Waals surface area contributed by atoms with Gasteiger partial charge in [0.05, 0.1) is 11.3 Å². The van der Waals surface area contributed by atoms with Crippen LogP contribution in [0.15, 0.2) is 42.6 Å². The number of hydrogen-bond acceptors (Lipinski definition) is 6. The Morgan fingerprint density at radius 1 is 1.11 bits per heavy atom. The van der Waals surface area contributed by atoms with Crippen LogP contribution in [-0.2, 0) is 14.3 Å². The maximum atomic E-state index is 12.2. The number of carbonyl (C=O) groups excluding carboxylic acids is 3. The molecule has 1 aromatic heterocycles. The Kier molecular flexibility index (Phi) is 6.94. The number of benzene rings is 1. The van der Waals surface area contributed by atoms with Gasteiger partial charge < -0.3 is 14.8 Å². The second-order valence-corrected chi connectivity index (χ2v) is 7.03. The lowest BCUT2D eigenvalue weighted by Crippen LogP contribution is -2.27. The Bertz CT molecular complexity index is 880. The normalized spacial score (nSPS) is 10.7. The standard InChI is InChI=1S/C19H20ClN3O5/c1-19(2,3)28-18(26)22-13-7-4-6-12(10-13)17(25)27-11-15(24)23-14-8-5-9-21-16(14)20/h4-10H,11H2,1-3H3,(H,22,26)(H,23,24). The van der Waals surface area contributed by atoms with Gasteiger partial charge in [0, 0.05) is 11.9 Å². The molecule has 2 N–H and O–H groups in total. The van der Waals surface area contributed by atoms with E-state index in [1.165, 1.54) is 18.3 Å². The molecule has 0 saturated heterocycles. The summed E-state index contributed by atoms with van der Waals surface area (Å²) in [5, 5.41) is 5.15. The van der Waals surface area contributed by atoms with Gasteiger partial charge in [-0.05, 0) is 51.1 Å². The topological polar surface area (TPSA) is 107 Å². The van der Waals surface area contributed by atoms with Gasteiger partial charge in [0.1, 0.15) is 5.60 Å². The molecule has 2 rings (SSSR count). The highest BCUT2D eigenvalue weighted by Crippen LogP contribution is 2.17. The predicted molar refractivity (Wildman–Crippen MR) is 104 cm³/mol. The highest BCUT2D eigenvalue weighted by molar-refractivity contribution is 6.32. The number of ether oxygens (including phenoxy) is 2.